The normalized spacial score (nSPS) is 16.9. The Balaban J connectivity index is 1.50. The molecule has 1 aliphatic rings. The molecule has 5 rings (SSSR count). The first kappa shape index (κ1) is 25.3. The molecule has 1 saturated heterocycles. The van der Waals surface area contributed by atoms with E-state index in [1.165, 1.54) is 11.8 Å². The van der Waals surface area contributed by atoms with Crippen LogP contribution in [0.5, 0.6) is 5.75 Å². The van der Waals surface area contributed by atoms with Crippen LogP contribution in [0.15, 0.2) is 58.5 Å². The van der Waals surface area contributed by atoms with Crippen LogP contribution in [-0.2, 0) is 21.2 Å². The molecule has 12 heteroatoms. The van der Waals surface area contributed by atoms with Crippen molar-refractivity contribution in [2.45, 2.75) is 31.1 Å². The van der Waals surface area contributed by atoms with Gasteiger partial charge in [-0.2, -0.15) is 0 Å². The summed E-state index contributed by atoms with van der Waals surface area (Å²) in [4.78, 5) is 28.2. The molecule has 37 heavy (non-hydrogen) atoms. The molecule has 0 unspecified atom stereocenters. The number of carbonyl (C=O) groups is 1. The van der Waals surface area contributed by atoms with Crippen molar-refractivity contribution in [1.82, 2.24) is 24.1 Å². The molecular formula is C25H27N5O5S2. The SMILES string of the molecule is CCN(C(=O)CSc1nnc2n(Cc3ccccc3OC)c(=O)c3ccccc3n12)[C@H]1CCS(=O)(=O)C1. The standard InChI is InChI=1S/C25H27N5O5S2/c1-3-28(18-12-13-37(33,34)16-18)22(31)15-36-25-27-26-24-29(14-17-8-4-7-11-21(17)35-2)23(32)19-9-5-6-10-20(19)30(24)25/h4-11,18H,3,12-16H2,1-2H3/t18-/m0/s1. The van der Waals surface area contributed by atoms with Crippen molar-refractivity contribution in [2.75, 3.05) is 30.9 Å². The Bertz CT molecular complexity index is 1650. The van der Waals surface area contributed by atoms with Crippen LogP contribution in [0.25, 0.3) is 16.7 Å². The Labute approximate surface area is 218 Å². The second-order valence-electron chi connectivity index (χ2n) is 8.86. The Morgan fingerprint density at radius 2 is 1.92 bits per heavy atom. The first-order chi connectivity index (χ1) is 17.8. The molecule has 0 radical (unpaired) electrons. The molecule has 2 aromatic carbocycles. The van der Waals surface area contributed by atoms with E-state index in [0.717, 1.165) is 5.56 Å². The van der Waals surface area contributed by atoms with Gasteiger partial charge >= 0.3 is 0 Å². The number of aromatic nitrogens is 4. The average molecular weight is 542 g/mol. The summed E-state index contributed by atoms with van der Waals surface area (Å²) in [6, 6.07) is 14.4. The first-order valence-corrected chi connectivity index (χ1v) is 14.7. The van der Waals surface area contributed by atoms with Gasteiger partial charge in [0, 0.05) is 18.2 Å². The molecule has 1 fully saturated rings. The molecule has 0 N–H and O–H groups in total. The maximum absolute atomic E-state index is 13.5. The fraction of sp³-hybridized carbons (Fsp3) is 0.360. The third kappa shape index (κ3) is 4.82. The quantitative estimate of drug-likeness (QED) is 0.312. The highest BCUT2D eigenvalue weighted by molar-refractivity contribution is 7.99. The van der Waals surface area contributed by atoms with Gasteiger partial charge in [0.25, 0.3) is 5.56 Å². The Morgan fingerprint density at radius 1 is 1.16 bits per heavy atom. The maximum Gasteiger partial charge on any atom is 0.263 e. The molecule has 0 aliphatic carbocycles. The molecule has 10 nitrogen and oxygen atoms in total. The van der Waals surface area contributed by atoms with Gasteiger partial charge in [0.2, 0.25) is 11.7 Å². The minimum Gasteiger partial charge on any atom is -0.496 e. The Hall–Kier alpha value is -3.38. The highest BCUT2D eigenvalue weighted by Crippen LogP contribution is 2.25. The van der Waals surface area contributed by atoms with Gasteiger partial charge in [-0.1, -0.05) is 42.1 Å². The molecule has 3 heterocycles. The van der Waals surface area contributed by atoms with E-state index in [4.69, 9.17) is 4.74 Å². The van der Waals surface area contributed by atoms with E-state index in [2.05, 4.69) is 10.2 Å². The van der Waals surface area contributed by atoms with Gasteiger partial charge in [-0.05, 0) is 31.5 Å². The number of sulfone groups is 1. The summed E-state index contributed by atoms with van der Waals surface area (Å²) in [6.07, 6.45) is 0.459. The number of carbonyl (C=O) groups excluding carboxylic acids is 1. The molecule has 4 aromatic rings. The van der Waals surface area contributed by atoms with E-state index in [1.807, 2.05) is 43.3 Å². The third-order valence-corrected chi connectivity index (χ3v) is 9.30. The predicted molar refractivity (Wildman–Crippen MR) is 142 cm³/mol. The summed E-state index contributed by atoms with van der Waals surface area (Å²) in [7, 11) is -1.52. The van der Waals surface area contributed by atoms with E-state index < -0.39 is 9.84 Å². The summed E-state index contributed by atoms with van der Waals surface area (Å²) in [5, 5.41) is 9.64. The predicted octanol–water partition coefficient (Wildman–Crippen LogP) is 2.23. The van der Waals surface area contributed by atoms with Gasteiger partial charge in [0.05, 0.1) is 41.8 Å². The van der Waals surface area contributed by atoms with Crippen LogP contribution < -0.4 is 10.3 Å². The number of hydrogen-bond donors (Lipinski definition) is 0. The highest BCUT2D eigenvalue weighted by Gasteiger charge is 2.34. The lowest BCUT2D eigenvalue weighted by Gasteiger charge is -2.26. The number of amides is 1. The summed E-state index contributed by atoms with van der Waals surface area (Å²) in [5.41, 5.74) is 1.27. The van der Waals surface area contributed by atoms with Crippen molar-refractivity contribution in [2.24, 2.45) is 0 Å². The largest absolute Gasteiger partial charge is 0.496 e. The van der Waals surface area contributed by atoms with Gasteiger partial charge < -0.3 is 9.64 Å². The fourth-order valence-electron chi connectivity index (χ4n) is 4.84. The lowest BCUT2D eigenvalue weighted by molar-refractivity contribution is -0.129. The zero-order chi connectivity index (χ0) is 26.2. The van der Waals surface area contributed by atoms with Crippen molar-refractivity contribution in [3.05, 3.63) is 64.4 Å². The van der Waals surface area contributed by atoms with Crippen molar-refractivity contribution in [3.8, 4) is 5.75 Å². The molecular weight excluding hydrogens is 514 g/mol. The minimum atomic E-state index is -3.10. The number of hydrogen-bond acceptors (Lipinski definition) is 8. The van der Waals surface area contributed by atoms with Crippen LogP contribution in [0.1, 0.15) is 18.9 Å². The molecule has 2 aromatic heterocycles. The van der Waals surface area contributed by atoms with Crippen LogP contribution in [0.2, 0.25) is 0 Å². The Kier molecular flexibility index (Phi) is 6.95. The van der Waals surface area contributed by atoms with Crippen molar-refractivity contribution < 1.29 is 17.9 Å². The number of benzene rings is 2. The van der Waals surface area contributed by atoms with Crippen molar-refractivity contribution >= 4 is 44.2 Å². The second-order valence-corrected chi connectivity index (χ2v) is 12.0. The molecule has 1 atom stereocenters. The van der Waals surface area contributed by atoms with E-state index in [0.29, 0.717) is 40.6 Å². The van der Waals surface area contributed by atoms with Gasteiger partial charge in [-0.3, -0.25) is 18.6 Å². The van der Waals surface area contributed by atoms with E-state index in [9.17, 15) is 18.0 Å². The number of methoxy groups -OCH3 is 1. The molecule has 194 valence electrons. The van der Waals surface area contributed by atoms with Crippen LogP contribution in [0.4, 0.5) is 0 Å². The lowest BCUT2D eigenvalue weighted by Crippen LogP contribution is -2.42. The summed E-state index contributed by atoms with van der Waals surface area (Å²) < 4.78 is 32.7. The van der Waals surface area contributed by atoms with Gasteiger partial charge in [0.15, 0.2) is 15.0 Å². The highest BCUT2D eigenvalue weighted by atomic mass is 32.2. The third-order valence-electron chi connectivity index (χ3n) is 6.63. The van der Waals surface area contributed by atoms with Crippen LogP contribution in [0, 0.1) is 0 Å². The van der Waals surface area contributed by atoms with E-state index >= 15 is 0 Å². The first-order valence-electron chi connectivity index (χ1n) is 11.9. The summed E-state index contributed by atoms with van der Waals surface area (Å²) >= 11 is 1.22. The number of thioether (sulfide) groups is 1. The number of ether oxygens (including phenoxy) is 1. The van der Waals surface area contributed by atoms with Crippen molar-refractivity contribution in [3.63, 3.8) is 0 Å². The van der Waals surface area contributed by atoms with Crippen molar-refractivity contribution in [1.29, 1.82) is 0 Å². The molecule has 0 saturated carbocycles. The Morgan fingerprint density at radius 3 is 2.65 bits per heavy atom. The monoisotopic (exact) mass is 541 g/mol. The van der Waals surface area contributed by atoms with E-state index in [-0.39, 0.29) is 41.3 Å². The molecule has 0 bridgehead atoms. The minimum absolute atomic E-state index is 0.00493. The summed E-state index contributed by atoms with van der Waals surface area (Å²) in [6.45, 7) is 2.52. The van der Waals surface area contributed by atoms with Crippen LogP contribution >= 0.6 is 11.8 Å². The second kappa shape index (κ2) is 10.2. The fourth-order valence-corrected chi connectivity index (χ4v) is 7.40. The topological polar surface area (TPSA) is 116 Å². The number of nitrogens with zero attached hydrogens (tertiary/aromatic N) is 5. The molecule has 0 spiro atoms. The number of rotatable bonds is 8. The number of para-hydroxylation sites is 2. The van der Waals surface area contributed by atoms with Gasteiger partial charge in [0.1, 0.15) is 5.75 Å². The lowest BCUT2D eigenvalue weighted by atomic mass is 10.2. The van der Waals surface area contributed by atoms with Crippen LogP contribution in [0.3, 0.4) is 0 Å². The van der Waals surface area contributed by atoms with Gasteiger partial charge in [-0.15, -0.1) is 10.2 Å². The van der Waals surface area contributed by atoms with Gasteiger partial charge in [-0.25, -0.2) is 8.42 Å². The maximum atomic E-state index is 13.5. The van der Waals surface area contributed by atoms with E-state index in [1.54, 1.807) is 33.1 Å². The summed E-state index contributed by atoms with van der Waals surface area (Å²) in [5.74, 6) is 1.06. The van der Waals surface area contributed by atoms with Crippen LogP contribution in [-0.4, -0.2) is 75.3 Å². The number of fused-ring (bicyclic) bond motifs is 3. The molecule has 1 amide bonds. The average Bonchev–Trinajstić information content (AvgIpc) is 3.48. The molecule has 1 aliphatic heterocycles. The zero-order valence-corrected chi connectivity index (χ0v) is 22.2. The zero-order valence-electron chi connectivity index (χ0n) is 20.5. The smallest absolute Gasteiger partial charge is 0.263 e.